The monoisotopic (exact) mass is 402 g/mol. The molecule has 29 heavy (non-hydrogen) atoms. The third-order valence-corrected chi connectivity index (χ3v) is 5.80. The second-order valence-corrected chi connectivity index (χ2v) is 8.20. The Labute approximate surface area is 177 Å². The van der Waals surface area contributed by atoms with E-state index in [4.69, 9.17) is 4.74 Å². The van der Waals surface area contributed by atoms with Gasteiger partial charge < -0.3 is 4.74 Å². The van der Waals surface area contributed by atoms with Crippen LogP contribution < -0.4 is 4.74 Å². The van der Waals surface area contributed by atoms with E-state index in [0.29, 0.717) is 11.5 Å². The van der Waals surface area contributed by atoms with Gasteiger partial charge in [-0.05, 0) is 41.3 Å². The largest absolute Gasteiger partial charge is 0.496 e. The lowest BCUT2D eigenvalue weighted by Crippen LogP contribution is -1.96. The highest BCUT2D eigenvalue weighted by atomic mass is 32.2. The normalized spacial score (nSPS) is 11.2. The van der Waals surface area contributed by atoms with E-state index >= 15 is 0 Å². The van der Waals surface area contributed by atoms with Crippen molar-refractivity contribution in [3.05, 3.63) is 101 Å². The summed E-state index contributed by atoms with van der Waals surface area (Å²) in [5, 5.41) is 0. The molecule has 0 saturated heterocycles. The van der Waals surface area contributed by atoms with Gasteiger partial charge in [0.2, 0.25) is 0 Å². The molecule has 0 saturated carbocycles. The molecule has 0 unspecified atom stereocenters. The highest BCUT2D eigenvalue weighted by molar-refractivity contribution is 7.98. The van der Waals surface area contributed by atoms with Crippen LogP contribution in [0.3, 0.4) is 0 Å². The summed E-state index contributed by atoms with van der Waals surface area (Å²) in [6.45, 7) is 4.29. The van der Waals surface area contributed by atoms with Crippen LogP contribution in [0.4, 0.5) is 0 Å². The van der Waals surface area contributed by atoms with Crippen molar-refractivity contribution in [1.29, 1.82) is 0 Å². The topological polar surface area (TPSA) is 26.3 Å². The van der Waals surface area contributed by atoms with Crippen LogP contribution in [0.5, 0.6) is 5.75 Å². The van der Waals surface area contributed by atoms with E-state index in [9.17, 15) is 4.79 Å². The van der Waals surface area contributed by atoms with Gasteiger partial charge >= 0.3 is 0 Å². The molecule has 2 nitrogen and oxygen atoms in total. The van der Waals surface area contributed by atoms with Gasteiger partial charge in [-0.1, -0.05) is 74.5 Å². The van der Waals surface area contributed by atoms with E-state index < -0.39 is 0 Å². The predicted octanol–water partition coefficient (Wildman–Crippen LogP) is 7.01. The number of hydrogen-bond donors (Lipinski definition) is 0. The zero-order valence-corrected chi connectivity index (χ0v) is 17.9. The highest BCUT2D eigenvalue weighted by Crippen LogP contribution is 2.29. The second-order valence-electron chi connectivity index (χ2n) is 7.15. The minimum Gasteiger partial charge on any atom is -0.496 e. The summed E-state index contributed by atoms with van der Waals surface area (Å²) in [6.07, 6.45) is 3.47. The van der Waals surface area contributed by atoms with Crippen molar-refractivity contribution in [2.45, 2.75) is 30.4 Å². The summed E-state index contributed by atoms with van der Waals surface area (Å²) in [5.41, 5.74) is 4.02. The zero-order chi connectivity index (χ0) is 20.6. The predicted molar refractivity (Wildman–Crippen MR) is 123 cm³/mol. The maximum atomic E-state index is 12.5. The average molecular weight is 403 g/mol. The number of carbonyl (C=O) groups excluding carboxylic acids is 1. The summed E-state index contributed by atoms with van der Waals surface area (Å²) >= 11 is 1.78. The second kappa shape index (κ2) is 10.1. The van der Waals surface area contributed by atoms with E-state index in [1.165, 1.54) is 10.5 Å². The van der Waals surface area contributed by atoms with Crippen molar-refractivity contribution >= 4 is 23.6 Å². The Morgan fingerprint density at radius 1 is 1.00 bits per heavy atom. The number of ether oxygens (including phenoxy) is 1. The minimum atomic E-state index is 0.00276. The van der Waals surface area contributed by atoms with Crippen LogP contribution in [-0.4, -0.2) is 12.9 Å². The molecule has 0 radical (unpaired) electrons. The minimum absolute atomic E-state index is 0.00276. The Bertz CT molecular complexity index is 973. The fraction of sp³-hybridized carbons (Fsp3) is 0.192. The van der Waals surface area contributed by atoms with E-state index in [1.807, 2.05) is 60.7 Å². The molecule has 3 aromatic rings. The fourth-order valence-corrected chi connectivity index (χ4v) is 3.87. The van der Waals surface area contributed by atoms with Crippen molar-refractivity contribution in [3.63, 3.8) is 0 Å². The first kappa shape index (κ1) is 20.9. The van der Waals surface area contributed by atoms with E-state index in [2.05, 4.69) is 32.0 Å². The van der Waals surface area contributed by atoms with Gasteiger partial charge in [0, 0.05) is 21.8 Å². The van der Waals surface area contributed by atoms with Crippen LogP contribution in [0.1, 0.15) is 46.8 Å². The lowest BCUT2D eigenvalue weighted by molar-refractivity contribution is 0.104. The molecule has 3 rings (SSSR count). The third-order valence-electron chi connectivity index (χ3n) is 4.74. The molecule has 0 fully saturated rings. The van der Waals surface area contributed by atoms with Gasteiger partial charge in [0.15, 0.2) is 5.78 Å². The quantitative estimate of drug-likeness (QED) is 0.230. The van der Waals surface area contributed by atoms with E-state index in [1.54, 1.807) is 24.9 Å². The molecule has 0 aromatic heterocycles. The Balaban J connectivity index is 1.68. The van der Waals surface area contributed by atoms with Crippen LogP contribution in [0.2, 0.25) is 0 Å². The van der Waals surface area contributed by atoms with Gasteiger partial charge in [0.05, 0.1) is 7.11 Å². The molecule has 0 amide bonds. The van der Waals surface area contributed by atoms with Crippen molar-refractivity contribution < 1.29 is 9.53 Å². The van der Waals surface area contributed by atoms with Gasteiger partial charge in [-0.15, -0.1) is 11.8 Å². The van der Waals surface area contributed by atoms with Crippen LogP contribution in [-0.2, 0) is 5.75 Å². The Hall–Kier alpha value is -2.78. The summed E-state index contributed by atoms with van der Waals surface area (Å²) < 4.78 is 5.57. The van der Waals surface area contributed by atoms with Crippen LogP contribution >= 0.6 is 11.8 Å². The average Bonchev–Trinajstić information content (AvgIpc) is 2.77. The molecule has 0 atom stereocenters. The van der Waals surface area contributed by atoms with Gasteiger partial charge in [-0.2, -0.15) is 0 Å². The smallest absolute Gasteiger partial charge is 0.185 e. The van der Waals surface area contributed by atoms with Crippen molar-refractivity contribution in [2.75, 3.05) is 7.11 Å². The van der Waals surface area contributed by atoms with Crippen molar-refractivity contribution in [3.8, 4) is 5.75 Å². The van der Waals surface area contributed by atoms with Crippen LogP contribution in [0, 0.1) is 0 Å². The molecule has 0 heterocycles. The SMILES string of the molecule is COc1cc(/C=C/C(=O)c2ccc(C(C)C)cc2)ccc1CSc1ccccc1. The van der Waals surface area contributed by atoms with Crippen molar-refractivity contribution in [1.82, 2.24) is 0 Å². The van der Waals surface area contributed by atoms with Gasteiger partial charge in [0.1, 0.15) is 5.75 Å². The maximum absolute atomic E-state index is 12.5. The molecule has 0 aliphatic carbocycles. The molecule has 0 spiro atoms. The summed E-state index contributed by atoms with van der Waals surface area (Å²) in [4.78, 5) is 13.7. The van der Waals surface area contributed by atoms with Crippen LogP contribution in [0.15, 0.2) is 83.8 Å². The zero-order valence-electron chi connectivity index (χ0n) is 17.1. The number of carbonyl (C=O) groups is 1. The number of thioether (sulfide) groups is 1. The number of benzene rings is 3. The number of methoxy groups -OCH3 is 1. The highest BCUT2D eigenvalue weighted by Gasteiger charge is 2.06. The first-order valence-electron chi connectivity index (χ1n) is 9.74. The fourth-order valence-electron chi connectivity index (χ4n) is 2.96. The lowest BCUT2D eigenvalue weighted by atomic mass is 10.00. The third kappa shape index (κ3) is 5.85. The number of allylic oxidation sites excluding steroid dienone is 1. The summed E-state index contributed by atoms with van der Waals surface area (Å²) in [5.74, 6) is 2.13. The maximum Gasteiger partial charge on any atom is 0.185 e. The Morgan fingerprint density at radius 3 is 2.38 bits per heavy atom. The molecule has 3 heteroatoms. The van der Waals surface area contributed by atoms with Gasteiger partial charge in [-0.25, -0.2) is 0 Å². The number of ketones is 1. The van der Waals surface area contributed by atoms with Gasteiger partial charge in [-0.3, -0.25) is 4.79 Å². The van der Waals surface area contributed by atoms with E-state index in [-0.39, 0.29) is 5.78 Å². The first-order chi connectivity index (χ1) is 14.1. The Kier molecular flexibility index (Phi) is 7.31. The molecular formula is C26H26O2S. The summed E-state index contributed by atoms with van der Waals surface area (Å²) in [6, 6.07) is 24.2. The molecule has 0 aliphatic rings. The van der Waals surface area contributed by atoms with Crippen LogP contribution in [0.25, 0.3) is 6.08 Å². The molecule has 0 N–H and O–H groups in total. The number of hydrogen-bond acceptors (Lipinski definition) is 3. The number of rotatable bonds is 8. The molecule has 0 bridgehead atoms. The molecule has 3 aromatic carbocycles. The molecule has 148 valence electrons. The lowest BCUT2D eigenvalue weighted by Gasteiger charge is -2.09. The summed E-state index contributed by atoms with van der Waals surface area (Å²) in [7, 11) is 1.68. The standard InChI is InChI=1S/C26H26O2S/c1-19(2)21-12-14-22(15-13-21)25(27)16-10-20-9-11-23(26(17-20)28-3)18-29-24-7-5-4-6-8-24/h4-17,19H,18H2,1-3H3/b16-10+. The molecular weight excluding hydrogens is 376 g/mol. The van der Waals surface area contributed by atoms with Gasteiger partial charge in [0.25, 0.3) is 0 Å². The van der Waals surface area contributed by atoms with Crippen molar-refractivity contribution in [2.24, 2.45) is 0 Å². The first-order valence-corrected chi connectivity index (χ1v) is 10.7. The molecule has 0 aliphatic heterocycles. The Morgan fingerprint density at radius 2 is 1.72 bits per heavy atom. The van der Waals surface area contributed by atoms with E-state index in [0.717, 1.165) is 22.6 Å².